The van der Waals surface area contributed by atoms with Gasteiger partial charge in [0.05, 0.1) is 36.4 Å². The summed E-state index contributed by atoms with van der Waals surface area (Å²) in [4.78, 5) is 22.7. The van der Waals surface area contributed by atoms with Crippen molar-refractivity contribution in [3.05, 3.63) is 60.1 Å². The largest absolute Gasteiger partial charge is 0.385 e. The van der Waals surface area contributed by atoms with Gasteiger partial charge in [0.25, 0.3) is 0 Å². The number of fused-ring (bicyclic) bond motifs is 1. The minimum absolute atomic E-state index is 0.186. The highest BCUT2D eigenvalue weighted by molar-refractivity contribution is 6.17. The van der Waals surface area contributed by atoms with Crippen LogP contribution < -0.4 is 15.5 Å². The predicted octanol–water partition coefficient (Wildman–Crippen LogP) is 3.47. The maximum atomic E-state index is 12.9. The maximum Gasteiger partial charge on any atom is 0.211 e. The number of nitrogens with one attached hydrogen (secondary N) is 4. The van der Waals surface area contributed by atoms with E-state index in [9.17, 15) is 4.79 Å². The van der Waals surface area contributed by atoms with Gasteiger partial charge in [-0.3, -0.25) is 4.79 Å². The molecule has 0 amide bonds. The van der Waals surface area contributed by atoms with E-state index >= 15 is 0 Å². The topological polar surface area (TPSA) is 106 Å². The normalized spacial score (nSPS) is 14.5. The van der Waals surface area contributed by atoms with Crippen LogP contribution in [0.3, 0.4) is 0 Å². The van der Waals surface area contributed by atoms with Crippen molar-refractivity contribution in [2.24, 2.45) is 0 Å². The number of morpholine rings is 1. The highest BCUT2D eigenvalue weighted by Crippen LogP contribution is 2.26. The molecule has 8 heteroatoms. The summed E-state index contributed by atoms with van der Waals surface area (Å²) >= 11 is 0. The van der Waals surface area contributed by atoms with Crippen LogP contribution >= 0.6 is 0 Å². The zero-order valence-electron chi connectivity index (χ0n) is 17.7. The van der Waals surface area contributed by atoms with E-state index in [2.05, 4.69) is 37.6 Å². The first kappa shape index (κ1) is 20.6. The van der Waals surface area contributed by atoms with E-state index in [-0.39, 0.29) is 5.78 Å². The number of benzene rings is 1. The number of pyridine rings is 1. The average molecular weight is 419 g/mol. The lowest BCUT2D eigenvalue weighted by molar-refractivity contribution is 0.103. The van der Waals surface area contributed by atoms with Crippen LogP contribution in [-0.4, -0.2) is 54.8 Å². The number of likely N-dealkylation sites (N-methyl/N-ethyl adjacent to an activating group) is 1. The lowest BCUT2D eigenvalue weighted by Crippen LogP contribution is -2.36. The van der Waals surface area contributed by atoms with Crippen LogP contribution in [0.5, 0.6) is 0 Å². The summed E-state index contributed by atoms with van der Waals surface area (Å²) in [7, 11) is 1.67. The Hall–Kier alpha value is -3.65. The van der Waals surface area contributed by atoms with Crippen LogP contribution in [0.25, 0.3) is 11.0 Å². The third kappa shape index (κ3) is 4.59. The Morgan fingerprint density at radius 2 is 1.97 bits per heavy atom. The number of aromatic amines is 1. The number of aromatic nitrogens is 2. The van der Waals surface area contributed by atoms with E-state index in [4.69, 9.17) is 10.1 Å². The van der Waals surface area contributed by atoms with E-state index in [1.165, 1.54) is 11.8 Å². The Morgan fingerprint density at radius 1 is 1.23 bits per heavy atom. The molecule has 0 unspecified atom stereocenters. The van der Waals surface area contributed by atoms with E-state index < -0.39 is 0 Å². The molecule has 3 aromatic rings. The van der Waals surface area contributed by atoms with E-state index in [0.717, 1.165) is 43.1 Å². The summed E-state index contributed by atoms with van der Waals surface area (Å²) in [5, 5.41) is 14.6. The molecule has 0 aliphatic carbocycles. The zero-order valence-corrected chi connectivity index (χ0v) is 17.7. The highest BCUT2D eigenvalue weighted by Gasteiger charge is 2.17. The number of Topliss-reactive ketones (excluding diaryl/α,β-unsaturated/α-hetero) is 1. The van der Waals surface area contributed by atoms with Crippen molar-refractivity contribution in [2.45, 2.75) is 6.92 Å². The Labute approximate surface area is 180 Å². The van der Waals surface area contributed by atoms with Crippen molar-refractivity contribution >= 4 is 39.6 Å². The molecule has 4 N–H and O–H groups in total. The van der Waals surface area contributed by atoms with E-state index in [0.29, 0.717) is 22.6 Å². The quantitative estimate of drug-likeness (QED) is 0.266. The average Bonchev–Trinajstić information content (AvgIpc) is 3.21. The molecule has 1 saturated heterocycles. The van der Waals surface area contributed by atoms with Crippen LogP contribution in [0.15, 0.2) is 54.5 Å². The molecule has 0 saturated carbocycles. The number of hydrogen-bond acceptors (Lipinski definition) is 7. The third-order valence-corrected chi connectivity index (χ3v) is 5.18. The number of allylic oxidation sites excluding steroid dienone is 2. The summed E-state index contributed by atoms with van der Waals surface area (Å²) in [6, 6.07) is 10.2. The SMILES string of the molecule is CN/C(=C\C(C)=N)C(=O)c1c[nH]c2ncc(Nc3ccc(N4CCOCC4)cc3)cc12. The lowest BCUT2D eigenvalue weighted by Gasteiger charge is -2.28. The van der Waals surface area contributed by atoms with Gasteiger partial charge < -0.3 is 30.7 Å². The summed E-state index contributed by atoms with van der Waals surface area (Å²) in [6.45, 7) is 4.95. The minimum Gasteiger partial charge on any atom is -0.385 e. The van der Waals surface area contributed by atoms with Gasteiger partial charge in [-0.15, -0.1) is 0 Å². The van der Waals surface area contributed by atoms with Gasteiger partial charge in [0.2, 0.25) is 5.78 Å². The Morgan fingerprint density at radius 3 is 2.65 bits per heavy atom. The van der Waals surface area contributed by atoms with Gasteiger partial charge in [-0.1, -0.05) is 0 Å². The number of rotatable bonds is 7. The number of anilines is 3. The molecule has 0 spiro atoms. The number of ketones is 1. The van der Waals surface area contributed by atoms with Gasteiger partial charge in [0.15, 0.2) is 0 Å². The zero-order chi connectivity index (χ0) is 21.8. The maximum absolute atomic E-state index is 12.9. The molecule has 0 radical (unpaired) electrons. The monoisotopic (exact) mass is 418 g/mol. The molecule has 4 rings (SSSR count). The van der Waals surface area contributed by atoms with Gasteiger partial charge in [-0.2, -0.15) is 0 Å². The third-order valence-electron chi connectivity index (χ3n) is 5.18. The van der Waals surface area contributed by atoms with Crippen molar-refractivity contribution in [1.82, 2.24) is 15.3 Å². The molecule has 1 fully saturated rings. The van der Waals surface area contributed by atoms with Crippen molar-refractivity contribution in [1.29, 1.82) is 5.41 Å². The lowest BCUT2D eigenvalue weighted by atomic mass is 10.1. The fraction of sp³-hybridized carbons (Fsp3) is 0.261. The van der Waals surface area contributed by atoms with Crippen LogP contribution in [-0.2, 0) is 4.74 Å². The first-order valence-corrected chi connectivity index (χ1v) is 10.2. The molecule has 8 nitrogen and oxygen atoms in total. The molecule has 1 aromatic carbocycles. The molecular weight excluding hydrogens is 392 g/mol. The smallest absolute Gasteiger partial charge is 0.211 e. The van der Waals surface area contributed by atoms with Crippen LogP contribution in [0.2, 0.25) is 0 Å². The second kappa shape index (κ2) is 9.01. The Balaban J connectivity index is 1.56. The molecule has 160 valence electrons. The first-order valence-electron chi connectivity index (χ1n) is 10.2. The van der Waals surface area contributed by atoms with Gasteiger partial charge in [-0.05, 0) is 43.3 Å². The predicted molar refractivity (Wildman–Crippen MR) is 124 cm³/mol. The molecule has 1 aliphatic heterocycles. The second-order valence-electron chi connectivity index (χ2n) is 7.41. The Kier molecular flexibility index (Phi) is 5.99. The van der Waals surface area contributed by atoms with E-state index in [1.807, 2.05) is 18.2 Å². The van der Waals surface area contributed by atoms with Crippen LogP contribution in [0.1, 0.15) is 17.3 Å². The standard InChI is InChI=1S/C23H26N6O2/c1-15(24)11-21(25-2)22(30)20-14-27-23-19(20)12-17(13-26-23)28-16-3-5-18(6-4-16)29-7-9-31-10-8-29/h3-6,11-14,24-25,28H,7-10H2,1-2H3,(H,26,27)/b21-11-,24-15?. The highest BCUT2D eigenvalue weighted by atomic mass is 16.5. The second-order valence-corrected chi connectivity index (χ2v) is 7.41. The number of hydrogen-bond donors (Lipinski definition) is 4. The molecule has 3 heterocycles. The molecular formula is C23H26N6O2. The number of carbonyl (C=O) groups excluding carboxylic acids is 1. The van der Waals surface area contributed by atoms with Gasteiger partial charge in [0.1, 0.15) is 5.65 Å². The van der Waals surface area contributed by atoms with Gasteiger partial charge in [0, 0.05) is 48.8 Å². The summed E-state index contributed by atoms with van der Waals surface area (Å²) in [5.74, 6) is -0.186. The fourth-order valence-corrected chi connectivity index (χ4v) is 3.62. The summed E-state index contributed by atoms with van der Waals surface area (Å²) in [6.07, 6.45) is 4.91. The van der Waals surface area contributed by atoms with Crippen molar-refractivity contribution in [3.8, 4) is 0 Å². The number of H-pyrrole nitrogens is 1. The van der Waals surface area contributed by atoms with Crippen LogP contribution in [0, 0.1) is 5.41 Å². The van der Waals surface area contributed by atoms with Gasteiger partial charge in [-0.25, -0.2) is 4.98 Å². The number of ether oxygens (including phenoxy) is 1. The van der Waals surface area contributed by atoms with Crippen molar-refractivity contribution in [2.75, 3.05) is 43.6 Å². The van der Waals surface area contributed by atoms with Gasteiger partial charge >= 0.3 is 0 Å². The van der Waals surface area contributed by atoms with Crippen molar-refractivity contribution in [3.63, 3.8) is 0 Å². The molecule has 0 atom stereocenters. The Bertz CT molecular complexity index is 1130. The fourth-order valence-electron chi connectivity index (χ4n) is 3.62. The van der Waals surface area contributed by atoms with Crippen molar-refractivity contribution < 1.29 is 9.53 Å². The summed E-state index contributed by atoms with van der Waals surface area (Å²) in [5.41, 5.74) is 4.72. The first-order chi connectivity index (χ1) is 15.0. The molecule has 1 aliphatic rings. The van der Waals surface area contributed by atoms with Crippen LogP contribution in [0.4, 0.5) is 17.1 Å². The molecule has 31 heavy (non-hydrogen) atoms. The number of nitrogens with zero attached hydrogens (tertiary/aromatic N) is 2. The van der Waals surface area contributed by atoms with E-state index in [1.54, 1.807) is 26.4 Å². The molecule has 2 aromatic heterocycles. The molecule has 0 bridgehead atoms. The number of carbonyl (C=O) groups is 1. The summed E-state index contributed by atoms with van der Waals surface area (Å²) < 4.78 is 5.41. The minimum atomic E-state index is -0.186.